The molecule has 18 heavy (non-hydrogen) atoms. The van der Waals surface area contributed by atoms with Crippen molar-refractivity contribution in [2.24, 2.45) is 0 Å². The highest BCUT2D eigenvalue weighted by Crippen LogP contribution is 2.41. The summed E-state index contributed by atoms with van der Waals surface area (Å²) in [5.74, 6) is 0.657. The Balaban J connectivity index is 2.06. The van der Waals surface area contributed by atoms with Gasteiger partial charge in [0.15, 0.2) is 5.75 Å². The average molecular weight is 259 g/mol. The van der Waals surface area contributed by atoms with Gasteiger partial charge in [0, 0.05) is 5.56 Å². The summed E-state index contributed by atoms with van der Waals surface area (Å²) >= 11 is 0. The molecule has 0 heterocycles. The molecule has 0 aliphatic rings. The van der Waals surface area contributed by atoms with Gasteiger partial charge in [0.1, 0.15) is 0 Å². The molecular formula is C15H16O2P+. The minimum atomic E-state index is -1.75. The number of hydrogen-bond acceptors (Lipinski definition) is 2. The monoisotopic (exact) mass is 259 g/mol. The van der Waals surface area contributed by atoms with Crippen LogP contribution in [0.3, 0.4) is 0 Å². The molecule has 0 aliphatic carbocycles. The molecule has 2 aromatic rings. The first-order chi connectivity index (χ1) is 8.66. The Morgan fingerprint density at radius 2 is 1.61 bits per heavy atom. The maximum Gasteiger partial charge on any atom is 0.563 e. The summed E-state index contributed by atoms with van der Waals surface area (Å²) in [6, 6.07) is 17.4. The van der Waals surface area contributed by atoms with Gasteiger partial charge in [-0.2, -0.15) is 0 Å². The zero-order valence-electron chi connectivity index (χ0n) is 10.5. The van der Waals surface area contributed by atoms with Crippen LogP contribution >= 0.6 is 8.03 Å². The number of benzene rings is 2. The summed E-state index contributed by atoms with van der Waals surface area (Å²) in [5, 5.41) is 0. The van der Waals surface area contributed by atoms with Gasteiger partial charge in [0.2, 0.25) is 5.66 Å². The maximum atomic E-state index is 12.1. The van der Waals surface area contributed by atoms with Crippen molar-refractivity contribution in [1.29, 1.82) is 0 Å². The van der Waals surface area contributed by atoms with Crippen molar-refractivity contribution in [3.05, 3.63) is 65.7 Å². The van der Waals surface area contributed by atoms with Gasteiger partial charge in [0.25, 0.3) is 0 Å². The maximum absolute atomic E-state index is 12.1. The van der Waals surface area contributed by atoms with Crippen LogP contribution in [0.2, 0.25) is 0 Å². The van der Waals surface area contributed by atoms with Crippen molar-refractivity contribution in [3.63, 3.8) is 0 Å². The summed E-state index contributed by atoms with van der Waals surface area (Å²) < 4.78 is 17.6. The Hall–Kier alpha value is -1.66. The van der Waals surface area contributed by atoms with Crippen LogP contribution in [0.5, 0.6) is 5.75 Å². The number of hydrogen-bond donors (Lipinski definition) is 0. The molecule has 92 valence electrons. The van der Waals surface area contributed by atoms with E-state index in [9.17, 15) is 4.57 Å². The Bertz CT molecular complexity index is 520. The largest absolute Gasteiger partial charge is 0.563 e. The van der Waals surface area contributed by atoms with E-state index in [2.05, 4.69) is 0 Å². The fourth-order valence-electron chi connectivity index (χ4n) is 1.64. The van der Waals surface area contributed by atoms with Crippen LogP contribution in [-0.2, 0) is 4.57 Å². The van der Waals surface area contributed by atoms with Crippen molar-refractivity contribution in [3.8, 4) is 5.75 Å². The Morgan fingerprint density at radius 3 is 2.22 bits per heavy atom. The van der Waals surface area contributed by atoms with E-state index in [0.717, 1.165) is 11.1 Å². The third-order valence-corrected chi connectivity index (χ3v) is 4.14. The lowest BCUT2D eigenvalue weighted by molar-refractivity contribution is 0.495. The highest BCUT2D eigenvalue weighted by molar-refractivity contribution is 7.40. The van der Waals surface area contributed by atoms with Gasteiger partial charge in [0.05, 0.1) is 0 Å². The predicted octanol–water partition coefficient (Wildman–Crippen LogP) is 4.88. The highest BCUT2D eigenvalue weighted by atomic mass is 31.1. The van der Waals surface area contributed by atoms with Gasteiger partial charge in [-0.15, -0.1) is 0 Å². The van der Waals surface area contributed by atoms with Crippen LogP contribution in [0, 0.1) is 6.92 Å². The summed E-state index contributed by atoms with van der Waals surface area (Å²) in [4.78, 5) is 0. The second-order valence-electron chi connectivity index (χ2n) is 4.28. The van der Waals surface area contributed by atoms with Crippen LogP contribution in [-0.4, -0.2) is 0 Å². The molecule has 2 unspecified atom stereocenters. The van der Waals surface area contributed by atoms with Gasteiger partial charge in [-0.1, -0.05) is 48.0 Å². The minimum Gasteiger partial charge on any atom is -0.254 e. The van der Waals surface area contributed by atoms with Crippen LogP contribution in [0.4, 0.5) is 0 Å². The van der Waals surface area contributed by atoms with E-state index in [0.29, 0.717) is 5.75 Å². The predicted molar refractivity (Wildman–Crippen MR) is 74.3 cm³/mol. The molecule has 0 saturated heterocycles. The van der Waals surface area contributed by atoms with Crippen molar-refractivity contribution in [2.75, 3.05) is 0 Å². The molecule has 0 aliphatic heterocycles. The topological polar surface area (TPSA) is 26.3 Å². The number of rotatable bonds is 4. The van der Waals surface area contributed by atoms with Crippen molar-refractivity contribution >= 4 is 8.03 Å². The lowest BCUT2D eigenvalue weighted by atomic mass is 10.2. The second kappa shape index (κ2) is 5.79. The van der Waals surface area contributed by atoms with Crippen molar-refractivity contribution in [2.45, 2.75) is 19.5 Å². The van der Waals surface area contributed by atoms with Crippen LogP contribution in [0.25, 0.3) is 0 Å². The molecule has 0 radical (unpaired) electrons. The zero-order chi connectivity index (χ0) is 13.0. The Morgan fingerprint density at radius 1 is 1.00 bits per heavy atom. The summed E-state index contributed by atoms with van der Waals surface area (Å²) in [5.41, 5.74) is 2.09. The molecule has 0 saturated carbocycles. The van der Waals surface area contributed by atoms with E-state index in [1.54, 1.807) is 0 Å². The smallest absolute Gasteiger partial charge is 0.254 e. The van der Waals surface area contributed by atoms with E-state index in [-0.39, 0.29) is 5.66 Å². The van der Waals surface area contributed by atoms with Crippen LogP contribution in [0.15, 0.2) is 54.6 Å². The quantitative estimate of drug-likeness (QED) is 0.731. The molecule has 0 fully saturated rings. The molecule has 0 bridgehead atoms. The normalized spacial score (nSPS) is 12.9. The molecule has 0 N–H and O–H groups in total. The van der Waals surface area contributed by atoms with E-state index in [4.69, 9.17) is 4.52 Å². The minimum absolute atomic E-state index is 0.109. The SMILES string of the molecule is Cc1ccc(O[P+](=O)C(C)c2ccccc2)cc1. The fraction of sp³-hybridized carbons (Fsp3) is 0.200. The third-order valence-electron chi connectivity index (χ3n) is 2.81. The summed E-state index contributed by atoms with van der Waals surface area (Å²) in [6.45, 7) is 3.93. The summed E-state index contributed by atoms with van der Waals surface area (Å²) in [7, 11) is -1.75. The van der Waals surface area contributed by atoms with Gasteiger partial charge < -0.3 is 0 Å². The molecule has 2 nitrogen and oxygen atoms in total. The van der Waals surface area contributed by atoms with Crippen molar-refractivity contribution in [1.82, 2.24) is 0 Å². The van der Waals surface area contributed by atoms with Gasteiger partial charge in [-0.25, -0.2) is 0 Å². The van der Waals surface area contributed by atoms with Gasteiger partial charge in [-0.05, 0) is 30.5 Å². The first kappa shape index (κ1) is 12.8. The van der Waals surface area contributed by atoms with Gasteiger partial charge in [-0.3, -0.25) is 4.52 Å². The first-order valence-corrected chi connectivity index (χ1v) is 7.17. The molecular weight excluding hydrogens is 243 g/mol. The molecule has 3 heteroatoms. The third kappa shape index (κ3) is 3.18. The standard InChI is InChI=1S/C15H16O2P/c1-12-8-10-15(11-9-12)17-18(16)13(2)14-6-4-3-5-7-14/h3-11,13H,1-2H3/q+1. The fourth-order valence-corrected chi connectivity index (χ4v) is 2.54. The van der Waals surface area contributed by atoms with E-state index in [1.165, 1.54) is 0 Å². The lowest BCUT2D eigenvalue weighted by Gasteiger charge is -2.01. The zero-order valence-corrected chi connectivity index (χ0v) is 11.4. The van der Waals surface area contributed by atoms with E-state index < -0.39 is 8.03 Å². The molecule has 0 amide bonds. The van der Waals surface area contributed by atoms with Crippen molar-refractivity contribution < 1.29 is 9.09 Å². The van der Waals surface area contributed by atoms with Crippen LogP contribution in [0.1, 0.15) is 23.7 Å². The number of aryl methyl sites for hydroxylation is 1. The second-order valence-corrected chi connectivity index (χ2v) is 5.80. The first-order valence-electron chi connectivity index (χ1n) is 5.93. The Kier molecular flexibility index (Phi) is 4.11. The highest BCUT2D eigenvalue weighted by Gasteiger charge is 2.30. The van der Waals surface area contributed by atoms with E-state index >= 15 is 0 Å². The summed E-state index contributed by atoms with van der Waals surface area (Å²) in [6.07, 6.45) is 0. The Labute approximate surface area is 108 Å². The lowest BCUT2D eigenvalue weighted by Crippen LogP contribution is -1.92. The van der Waals surface area contributed by atoms with E-state index in [1.807, 2.05) is 68.4 Å². The molecule has 2 rings (SSSR count). The average Bonchev–Trinajstić information content (AvgIpc) is 2.41. The molecule has 0 spiro atoms. The molecule has 2 aromatic carbocycles. The van der Waals surface area contributed by atoms with Gasteiger partial charge >= 0.3 is 8.03 Å². The molecule has 2 atom stereocenters. The molecule has 0 aromatic heterocycles. The van der Waals surface area contributed by atoms with Crippen LogP contribution < -0.4 is 4.52 Å².